The summed E-state index contributed by atoms with van der Waals surface area (Å²) in [5, 5.41) is 5.87. The number of methoxy groups -OCH3 is 1. The van der Waals surface area contributed by atoms with Gasteiger partial charge in [-0.3, -0.25) is 9.59 Å². The molecule has 0 aliphatic rings. The molecule has 1 rings (SSSR count). The third-order valence-corrected chi connectivity index (χ3v) is 3.71. The average Bonchev–Trinajstić information content (AvgIpc) is 2.53. The second-order valence-electron chi connectivity index (χ2n) is 5.57. The number of carbonyl (C=O) groups excluding carboxylic acids is 2. The maximum Gasteiger partial charge on any atom is 0.239 e. The van der Waals surface area contributed by atoms with E-state index < -0.39 is 6.04 Å². The Morgan fingerprint density at radius 1 is 1.21 bits per heavy atom. The molecule has 0 radical (unpaired) electrons. The molecule has 24 heavy (non-hydrogen) atoms. The highest BCUT2D eigenvalue weighted by Gasteiger charge is 2.18. The SMILES string of the molecule is COC(CNC(=O)CNC(=O)[C@@H](N)C(C)C)c1ccc(Cl)cc1.Cl. The highest BCUT2D eigenvalue weighted by molar-refractivity contribution is 6.30. The number of amides is 2. The van der Waals surface area contributed by atoms with Gasteiger partial charge in [-0.05, 0) is 23.6 Å². The maximum atomic E-state index is 11.8. The van der Waals surface area contributed by atoms with E-state index in [1.54, 1.807) is 19.2 Å². The van der Waals surface area contributed by atoms with Gasteiger partial charge in [0.15, 0.2) is 0 Å². The number of hydrogen-bond donors (Lipinski definition) is 3. The van der Waals surface area contributed by atoms with E-state index in [1.165, 1.54) is 0 Å². The highest BCUT2D eigenvalue weighted by atomic mass is 35.5. The van der Waals surface area contributed by atoms with Crippen LogP contribution in [0.2, 0.25) is 5.02 Å². The van der Waals surface area contributed by atoms with Crippen molar-refractivity contribution in [3.8, 4) is 0 Å². The minimum atomic E-state index is -0.622. The Hall–Kier alpha value is -1.34. The lowest BCUT2D eigenvalue weighted by molar-refractivity contribution is -0.127. The summed E-state index contributed by atoms with van der Waals surface area (Å²) < 4.78 is 5.36. The van der Waals surface area contributed by atoms with Crippen LogP contribution in [0.4, 0.5) is 0 Å². The Labute approximate surface area is 153 Å². The highest BCUT2D eigenvalue weighted by Crippen LogP contribution is 2.18. The fraction of sp³-hybridized carbons (Fsp3) is 0.500. The first-order valence-electron chi connectivity index (χ1n) is 7.43. The van der Waals surface area contributed by atoms with Crippen LogP contribution in [-0.4, -0.2) is 38.1 Å². The molecule has 1 unspecified atom stereocenters. The molecular formula is C16H25Cl2N3O3. The van der Waals surface area contributed by atoms with Crippen molar-refractivity contribution in [3.05, 3.63) is 34.9 Å². The van der Waals surface area contributed by atoms with Crippen molar-refractivity contribution in [2.24, 2.45) is 11.7 Å². The summed E-state index contributed by atoms with van der Waals surface area (Å²) >= 11 is 5.84. The van der Waals surface area contributed by atoms with E-state index in [9.17, 15) is 9.59 Å². The summed E-state index contributed by atoms with van der Waals surface area (Å²) in [4.78, 5) is 23.5. The Balaban J connectivity index is 0.00000529. The van der Waals surface area contributed by atoms with Crippen molar-refractivity contribution in [2.45, 2.75) is 26.0 Å². The van der Waals surface area contributed by atoms with Gasteiger partial charge in [0.2, 0.25) is 11.8 Å². The van der Waals surface area contributed by atoms with Crippen LogP contribution >= 0.6 is 24.0 Å². The van der Waals surface area contributed by atoms with Crippen LogP contribution in [-0.2, 0) is 14.3 Å². The number of hydrogen-bond acceptors (Lipinski definition) is 4. The van der Waals surface area contributed by atoms with Gasteiger partial charge in [0.1, 0.15) is 0 Å². The normalized spacial score (nSPS) is 12.9. The Bertz CT molecular complexity index is 524. The molecule has 136 valence electrons. The molecule has 0 aliphatic heterocycles. The van der Waals surface area contributed by atoms with Crippen LogP contribution in [0.1, 0.15) is 25.5 Å². The third kappa shape index (κ3) is 7.49. The smallest absolute Gasteiger partial charge is 0.239 e. The van der Waals surface area contributed by atoms with E-state index in [4.69, 9.17) is 22.1 Å². The molecular weight excluding hydrogens is 353 g/mol. The van der Waals surface area contributed by atoms with Crippen LogP contribution in [0.3, 0.4) is 0 Å². The first-order valence-corrected chi connectivity index (χ1v) is 7.81. The van der Waals surface area contributed by atoms with Gasteiger partial charge in [-0.15, -0.1) is 12.4 Å². The monoisotopic (exact) mass is 377 g/mol. The van der Waals surface area contributed by atoms with Crippen molar-refractivity contribution >= 4 is 35.8 Å². The Kier molecular flexibility index (Phi) is 10.6. The summed E-state index contributed by atoms with van der Waals surface area (Å²) in [7, 11) is 1.56. The molecule has 8 heteroatoms. The Morgan fingerprint density at radius 2 is 1.79 bits per heavy atom. The van der Waals surface area contributed by atoms with Gasteiger partial charge in [0.05, 0.1) is 18.7 Å². The molecule has 1 aromatic rings. The molecule has 2 amide bonds. The number of benzene rings is 1. The van der Waals surface area contributed by atoms with E-state index in [0.717, 1.165) is 5.56 Å². The average molecular weight is 378 g/mol. The van der Waals surface area contributed by atoms with Crippen molar-refractivity contribution in [3.63, 3.8) is 0 Å². The van der Waals surface area contributed by atoms with Gasteiger partial charge in [-0.25, -0.2) is 0 Å². The molecule has 0 aliphatic carbocycles. The molecule has 0 fully saturated rings. The fourth-order valence-corrected chi connectivity index (χ4v) is 2.00. The molecule has 1 aromatic carbocycles. The summed E-state index contributed by atoms with van der Waals surface area (Å²) in [6.45, 7) is 3.87. The summed E-state index contributed by atoms with van der Waals surface area (Å²) in [6.07, 6.45) is -0.287. The van der Waals surface area contributed by atoms with Gasteiger partial charge in [0.25, 0.3) is 0 Å². The van der Waals surface area contributed by atoms with Crippen molar-refractivity contribution < 1.29 is 14.3 Å². The van der Waals surface area contributed by atoms with E-state index in [2.05, 4.69) is 10.6 Å². The summed E-state index contributed by atoms with van der Waals surface area (Å²) in [5.74, 6) is -0.623. The molecule has 0 bridgehead atoms. The molecule has 2 atom stereocenters. The first kappa shape index (κ1) is 22.7. The number of halogens is 2. The van der Waals surface area contributed by atoms with Crippen LogP contribution in [0, 0.1) is 5.92 Å². The predicted molar refractivity (Wildman–Crippen MR) is 97.3 cm³/mol. The molecule has 4 N–H and O–H groups in total. The predicted octanol–water partition coefficient (Wildman–Crippen LogP) is 1.67. The molecule has 0 saturated heterocycles. The minimum absolute atomic E-state index is 0. The van der Waals surface area contributed by atoms with E-state index >= 15 is 0 Å². The van der Waals surface area contributed by atoms with Crippen LogP contribution in [0.5, 0.6) is 0 Å². The number of rotatable bonds is 8. The topological polar surface area (TPSA) is 93.5 Å². The summed E-state index contributed by atoms with van der Waals surface area (Å²) in [5.41, 5.74) is 6.61. The van der Waals surface area contributed by atoms with Crippen molar-refractivity contribution in [2.75, 3.05) is 20.2 Å². The van der Waals surface area contributed by atoms with Crippen LogP contribution in [0.15, 0.2) is 24.3 Å². The second kappa shape index (κ2) is 11.3. The lowest BCUT2D eigenvalue weighted by atomic mass is 10.1. The van der Waals surface area contributed by atoms with Gasteiger partial charge in [0, 0.05) is 18.7 Å². The van der Waals surface area contributed by atoms with Gasteiger partial charge < -0.3 is 21.1 Å². The quantitative estimate of drug-likeness (QED) is 0.642. The zero-order valence-electron chi connectivity index (χ0n) is 14.0. The molecule has 6 nitrogen and oxygen atoms in total. The molecule has 0 aromatic heterocycles. The van der Waals surface area contributed by atoms with Crippen molar-refractivity contribution in [1.82, 2.24) is 10.6 Å². The lowest BCUT2D eigenvalue weighted by Gasteiger charge is -2.18. The standard InChI is InChI=1S/C16H24ClN3O3.ClH/c1-10(2)15(18)16(22)20-9-14(21)19-8-13(23-3)11-4-6-12(17)7-5-11;/h4-7,10,13,15H,8-9,18H2,1-3H3,(H,19,21)(H,20,22);1H/t13?,15-;/m0./s1. The zero-order valence-corrected chi connectivity index (χ0v) is 15.6. The third-order valence-electron chi connectivity index (χ3n) is 3.46. The summed E-state index contributed by atoms with van der Waals surface area (Å²) in [6, 6.07) is 6.58. The second-order valence-corrected chi connectivity index (χ2v) is 6.00. The van der Waals surface area contributed by atoms with Gasteiger partial charge in [-0.1, -0.05) is 37.6 Å². The number of nitrogens with two attached hydrogens (primary N) is 1. The van der Waals surface area contributed by atoms with Gasteiger partial charge >= 0.3 is 0 Å². The number of carbonyl (C=O) groups is 2. The van der Waals surface area contributed by atoms with Gasteiger partial charge in [-0.2, -0.15) is 0 Å². The lowest BCUT2D eigenvalue weighted by Crippen LogP contribution is -2.47. The Morgan fingerprint density at radius 3 is 2.29 bits per heavy atom. The van der Waals surface area contributed by atoms with Crippen LogP contribution in [0.25, 0.3) is 0 Å². The number of nitrogens with one attached hydrogen (secondary N) is 2. The van der Waals surface area contributed by atoms with E-state index in [-0.39, 0.29) is 42.8 Å². The largest absolute Gasteiger partial charge is 0.375 e. The first-order chi connectivity index (χ1) is 10.8. The van der Waals surface area contributed by atoms with Crippen LogP contribution < -0.4 is 16.4 Å². The maximum absolute atomic E-state index is 11.8. The zero-order chi connectivity index (χ0) is 17.4. The molecule has 0 saturated carbocycles. The number of ether oxygens (including phenoxy) is 1. The van der Waals surface area contributed by atoms with E-state index in [1.807, 2.05) is 26.0 Å². The molecule has 0 heterocycles. The molecule has 0 spiro atoms. The minimum Gasteiger partial charge on any atom is -0.375 e. The van der Waals surface area contributed by atoms with E-state index in [0.29, 0.717) is 11.6 Å². The fourth-order valence-electron chi connectivity index (χ4n) is 1.87. The van der Waals surface area contributed by atoms with Crippen molar-refractivity contribution in [1.29, 1.82) is 0 Å².